The number of anilines is 1. The van der Waals surface area contributed by atoms with Crippen molar-refractivity contribution in [3.05, 3.63) is 71.4 Å². The van der Waals surface area contributed by atoms with Gasteiger partial charge in [-0.25, -0.2) is 13.1 Å². The van der Waals surface area contributed by atoms with E-state index < -0.39 is 26.5 Å². The third-order valence-electron chi connectivity index (χ3n) is 13.0. The second-order valence-electron chi connectivity index (χ2n) is 16.9. The molecule has 0 radical (unpaired) electrons. The van der Waals surface area contributed by atoms with Crippen LogP contribution in [0, 0.1) is 16.5 Å². The molecule has 0 saturated carbocycles. The maximum absolute atomic E-state index is 14.0. The summed E-state index contributed by atoms with van der Waals surface area (Å²) in [6.07, 6.45) is 12.0. The molecule has 9 rings (SSSR count). The summed E-state index contributed by atoms with van der Waals surface area (Å²) in [4.78, 5) is 31.6. The fourth-order valence-corrected chi connectivity index (χ4v) is 11.5. The van der Waals surface area contributed by atoms with Crippen molar-refractivity contribution in [3.8, 4) is 5.75 Å². The molecule has 3 aromatic rings. The minimum Gasteiger partial charge on any atom is -0.618 e. The summed E-state index contributed by atoms with van der Waals surface area (Å²) in [6.45, 7) is 5.67. The van der Waals surface area contributed by atoms with E-state index in [0.717, 1.165) is 90.1 Å². The quantitative estimate of drug-likeness (QED) is 0.101. The van der Waals surface area contributed by atoms with Crippen molar-refractivity contribution in [2.75, 3.05) is 38.7 Å². The van der Waals surface area contributed by atoms with E-state index in [0.29, 0.717) is 54.6 Å². The molecular weight excluding hydrogens is 715 g/mol. The Bertz CT molecular complexity index is 2230. The Kier molecular flexibility index (Phi) is 9.51. The lowest BCUT2D eigenvalue weighted by atomic mass is 9.51. The zero-order valence-corrected chi connectivity index (χ0v) is 33.3. The average Bonchev–Trinajstić information content (AvgIpc) is 3.72. The zero-order valence-electron chi connectivity index (χ0n) is 32.4. The van der Waals surface area contributed by atoms with E-state index in [1.54, 1.807) is 12.1 Å². The van der Waals surface area contributed by atoms with Gasteiger partial charge in [-0.2, -0.15) is 4.74 Å². The predicted octanol–water partition coefficient (Wildman–Crippen LogP) is 6.65. The van der Waals surface area contributed by atoms with Crippen LogP contribution in [-0.2, 0) is 19.6 Å². The predicted molar refractivity (Wildman–Crippen MR) is 215 cm³/mol. The van der Waals surface area contributed by atoms with Crippen molar-refractivity contribution < 1.29 is 27.5 Å². The Balaban J connectivity index is 0.780. The van der Waals surface area contributed by atoms with E-state index >= 15 is 0 Å². The first kappa shape index (κ1) is 37.5. The van der Waals surface area contributed by atoms with Gasteiger partial charge in [0.15, 0.2) is 0 Å². The van der Waals surface area contributed by atoms with Crippen molar-refractivity contribution >= 4 is 55.3 Å². The molecule has 11 nitrogen and oxygen atoms in total. The van der Waals surface area contributed by atoms with Crippen LogP contribution in [0.2, 0.25) is 0 Å². The summed E-state index contributed by atoms with van der Waals surface area (Å²) in [7, 11) is 0.296. The van der Waals surface area contributed by atoms with Crippen LogP contribution in [0.1, 0.15) is 90.0 Å². The van der Waals surface area contributed by atoms with Crippen molar-refractivity contribution in [2.45, 2.75) is 100 Å². The van der Waals surface area contributed by atoms with Gasteiger partial charge in [0.05, 0.1) is 34.1 Å². The number of piperazine rings is 1. The van der Waals surface area contributed by atoms with Crippen molar-refractivity contribution in [1.82, 2.24) is 14.9 Å². The van der Waals surface area contributed by atoms with Crippen LogP contribution in [0.25, 0.3) is 16.3 Å². The van der Waals surface area contributed by atoms with Gasteiger partial charge in [-0.1, -0.05) is 62.8 Å². The van der Waals surface area contributed by atoms with Gasteiger partial charge in [-0.05, 0) is 76.3 Å². The number of nitrogens with zero attached hydrogens (tertiary/aromatic N) is 3. The summed E-state index contributed by atoms with van der Waals surface area (Å²) in [5.41, 5.74) is 1.10. The SMILES string of the molecule is CN(C)c1cccc2c(S(=O)(=O)NCCCCCCCCCCOc3ccc4c(c3)[N+]([O-])=C3C4=C[C@@]45NC(=O)[C@]6(CCCN6C4=O)C[C@H]5C3(C)C)cccc12. The number of sulfonamides is 1. The molecule has 2 N–H and O–H groups in total. The number of amides is 2. The molecule has 292 valence electrons. The minimum atomic E-state index is -3.61. The number of hydrogen-bond acceptors (Lipinski definition) is 7. The van der Waals surface area contributed by atoms with Gasteiger partial charge in [0, 0.05) is 49.6 Å². The number of allylic oxidation sites excluding steroid dienone is 1. The molecular formula is C43H53N5O6S. The second kappa shape index (κ2) is 14.0. The van der Waals surface area contributed by atoms with E-state index in [1.165, 1.54) is 0 Å². The summed E-state index contributed by atoms with van der Waals surface area (Å²) < 4.78 is 36.3. The molecule has 0 unspecified atom stereocenters. The van der Waals surface area contributed by atoms with Crippen LogP contribution >= 0.6 is 0 Å². The summed E-state index contributed by atoms with van der Waals surface area (Å²) in [5, 5.41) is 18.8. The molecule has 2 spiro atoms. The van der Waals surface area contributed by atoms with Gasteiger partial charge in [0.1, 0.15) is 16.8 Å². The lowest BCUT2D eigenvalue weighted by Crippen LogP contribution is -2.83. The molecule has 3 atom stereocenters. The molecule has 6 aliphatic rings. The number of ether oxygens (including phenoxy) is 1. The van der Waals surface area contributed by atoms with Crippen LogP contribution in [0.15, 0.2) is 65.6 Å². The third-order valence-corrected chi connectivity index (χ3v) is 14.5. The van der Waals surface area contributed by atoms with Crippen molar-refractivity contribution in [2.24, 2.45) is 11.3 Å². The smallest absolute Gasteiger partial charge is 0.253 e. The number of carbonyl (C=O) groups is 2. The average molecular weight is 768 g/mol. The number of benzene rings is 3. The number of hydrogen-bond donors (Lipinski definition) is 2. The molecule has 1 aliphatic carbocycles. The molecule has 4 fully saturated rings. The molecule has 2 amide bonds. The lowest BCUT2D eigenvalue weighted by Gasteiger charge is -2.62. The van der Waals surface area contributed by atoms with Crippen LogP contribution in [0.4, 0.5) is 11.4 Å². The third kappa shape index (κ3) is 6.02. The van der Waals surface area contributed by atoms with Gasteiger partial charge >= 0.3 is 0 Å². The first-order valence-corrected chi connectivity index (χ1v) is 21.5. The highest BCUT2D eigenvalue weighted by atomic mass is 32.2. The van der Waals surface area contributed by atoms with Crippen molar-refractivity contribution in [3.63, 3.8) is 0 Å². The highest BCUT2D eigenvalue weighted by Crippen LogP contribution is 2.60. The van der Waals surface area contributed by atoms with Crippen LogP contribution in [0.3, 0.4) is 0 Å². The second-order valence-corrected chi connectivity index (χ2v) is 18.6. The van der Waals surface area contributed by atoms with Gasteiger partial charge in [0.25, 0.3) is 5.91 Å². The van der Waals surface area contributed by atoms with E-state index in [9.17, 15) is 23.2 Å². The van der Waals surface area contributed by atoms with E-state index in [1.807, 2.05) is 86.3 Å². The highest BCUT2D eigenvalue weighted by Gasteiger charge is 2.74. The van der Waals surface area contributed by atoms with Gasteiger partial charge in [0.2, 0.25) is 27.3 Å². The number of unbranched alkanes of at least 4 members (excludes halogenated alkanes) is 7. The molecule has 5 aliphatic heterocycles. The first-order chi connectivity index (χ1) is 26.3. The largest absolute Gasteiger partial charge is 0.618 e. The zero-order chi connectivity index (χ0) is 38.8. The van der Waals surface area contributed by atoms with Crippen LogP contribution in [-0.4, -0.2) is 80.5 Å². The fourth-order valence-electron chi connectivity index (χ4n) is 10.2. The number of nitrogens with one attached hydrogen (secondary N) is 2. The highest BCUT2D eigenvalue weighted by molar-refractivity contribution is 7.89. The fraction of sp³-hybridized carbons (Fsp3) is 0.512. The molecule has 4 saturated heterocycles. The van der Waals surface area contributed by atoms with Crippen LogP contribution < -0.4 is 19.7 Å². The Morgan fingerprint density at radius 3 is 2.44 bits per heavy atom. The summed E-state index contributed by atoms with van der Waals surface area (Å²) >= 11 is 0. The Labute approximate surface area is 324 Å². The normalized spacial score (nSPS) is 24.7. The van der Waals surface area contributed by atoms with Crippen molar-refractivity contribution in [1.29, 1.82) is 0 Å². The minimum absolute atomic E-state index is 0.0381. The topological polar surface area (TPSA) is 134 Å². The number of piperidine rings is 2. The summed E-state index contributed by atoms with van der Waals surface area (Å²) in [5.74, 6) is 0.337. The van der Waals surface area contributed by atoms with E-state index in [-0.39, 0.29) is 17.7 Å². The van der Waals surface area contributed by atoms with E-state index in [2.05, 4.69) is 10.0 Å². The van der Waals surface area contributed by atoms with Gasteiger partial charge in [-0.15, -0.1) is 0 Å². The van der Waals surface area contributed by atoms with E-state index in [4.69, 9.17) is 4.74 Å². The molecule has 12 heteroatoms. The maximum Gasteiger partial charge on any atom is 0.253 e. The standard InChI is InChI=1S/C43H53N5O6S/c1-41(2)37-28-42-22-15-24-47(42)40(50)43(37,45-39(42)49)27-33-31-21-20-29(26-35(31)48(51)38(33)41)54-25-12-10-8-6-5-7-9-11-23-44-55(52,53)36-19-14-16-30-32(36)17-13-18-34(30)46(3)4/h13-14,16-21,26-27,37,44H,5-12,15,22-25,28H2,1-4H3,(H,45,49)/t37-,42-,43-/m0/s1. The Morgan fingerprint density at radius 2 is 1.67 bits per heavy atom. The number of fused-ring (bicyclic) bond motifs is 5. The van der Waals surface area contributed by atoms with Gasteiger partial charge < -0.3 is 25.1 Å². The number of rotatable bonds is 15. The lowest BCUT2D eigenvalue weighted by molar-refractivity contribution is -0.362. The first-order valence-electron chi connectivity index (χ1n) is 20.0. The molecule has 2 bridgehead atoms. The molecule has 5 heterocycles. The Hall–Kier alpha value is -4.42. The van der Waals surface area contributed by atoms with Crippen LogP contribution in [0.5, 0.6) is 5.75 Å². The molecule has 0 aromatic heterocycles. The number of carbonyl (C=O) groups excluding carboxylic acids is 2. The monoisotopic (exact) mass is 767 g/mol. The summed E-state index contributed by atoms with van der Waals surface area (Å²) in [6, 6.07) is 16.8. The maximum atomic E-state index is 14.0. The Morgan fingerprint density at radius 1 is 0.964 bits per heavy atom. The molecule has 55 heavy (non-hydrogen) atoms. The van der Waals surface area contributed by atoms with Gasteiger partial charge in [-0.3, -0.25) is 9.59 Å². The molecule has 3 aromatic carbocycles.